The van der Waals surface area contributed by atoms with Crippen LogP contribution in [-0.2, 0) is 0 Å². The van der Waals surface area contributed by atoms with Crippen LogP contribution in [0.3, 0.4) is 0 Å². The number of benzene rings is 1. The summed E-state index contributed by atoms with van der Waals surface area (Å²) in [6.45, 7) is 3.54. The summed E-state index contributed by atoms with van der Waals surface area (Å²) in [5, 5.41) is 0. The van der Waals surface area contributed by atoms with Gasteiger partial charge >= 0.3 is 12.0 Å². The molecule has 0 N–H and O–H groups in total. The van der Waals surface area contributed by atoms with Crippen molar-refractivity contribution in [2.45, 2.75) is 25.7 Å². The van der Waals surface area contributed by atoms with Gasteiger partial charge in [-0.1, -0.05) is 18.2 Å². The molecule has 30 heavy (non-hydrogen) atoms. The third-order valence-corrected chi connectivity index (χ3v) is 5.01. The third kappa shape index (κ3) is 4.40. The molecule has 1 fully saturated rings. The first-order chi connectivity index (χ1) is 14.7. The van der Waals surface area contributed by atoms with Crippen LogP contribution in [0.5, 0.6) is 23.7 Å². The summed E-state index contributed by atoms with van der Waals surface area (Å²) < 4.78 is 16.3. The maximum absolute atomic E-state index is 5.96. The van der Waals surface area contributed by atoms with Gasteiger partial charge in [-0.05, 0) is 31.4 Å². The Bertz CT molecular complexity index is 993. The molecule has 9 heteroatoms. The van der Waals surface area contributed by atoms with Crippen molar-refractivity contribution in [3.63, 3.8) is 0 Å². The van der Waals surface area contributed by atoms with Crippen molar-refractivity contribution in [3.8, 4) is 23.7 Å². The Kier molecular flexibility index (Phi) is 5.87. The summed E-state index contributed by atoms with van der Waals surface area (Å²) in [6.07, 6.45) is 5.41. The molecule has 156 valence electrons. The summed E-state index contributed by atoms with van der Waals surface area (Å²) in [5.74, 6) is 1.98. The molecule has 3 heterocycles. The third-order valence-electron chi connectivity index (χ3n) is 5.01. The van der Waals surface area contributed by atoms with E-state index in [0.717, 1.165) is 36.4 Å². The molecule has 1 aliphatic rings. The van der Waals surface area contributed by atoms with Crippen LogP contribution in [-0.4, -0.2) is 52.2 Å². The Morgan fingerprint density at radius 2 is 1.73 bits per heavy atom. The zero-order valence-corrected chi connectivity index (χ0v) is 17.3. The van der Waals surface area contributed by atoms with E-state index >= 15 is 0 Å². The number of aromatic nitrogens is 5. The zero-order chi connectivity index (χ0) is 20.9. The Balaban J connectivity index is 1.53. The fourth-order valence-corrected chi connectivity index (χ4v) is 3.44. The minimum absolute atomic E-state index is 0.181. The molecule has 0 radical (unpaired) electrons. The Hall–Kier alpha value is -3.49. The van der Waals surface area contributed by atoms with E-state index in [2.05, 4.69) is 24.8 Å². The molecule has 9 nitrogen and oxygen atoms in total. The molecule has 0 spiro atoms. The van der Waals surface area contributed by atoms with Crippen LogP contribution < -0.4 is 19.1 Å². The lowest BCUT2D eigenvalue weighted by atomic mass is 9.95. The second kappa shape index (κ2) is 8.89. The normalized spacial score (nSPS) is 16.2. The van der Waals surface area contributed by atoms with Gasteiger partial charge in [0.2, 0.25) is 11.8 Å². The standard InChI is InChI=1S/C21H24N6O3/c1-14-7-4-5-9-17(14)30-18-12-22-11-16(23-18)15-8-6-10-27(13-15)19-24-20(28-2)26-21(25-19)29-3/h4-5,7,9,11-12,15H,6,8,10,13H2,1-3H3. The molecular formula is C21H24N6O3. The van der Waals surface area contributed by atoms with Gasteiger partial charge in [-0.25, -0.2) is 4.98 Å². The summed E-state index contributed by atoms with van der Waals surface area (Å²) in [7, 11) is 3.04. The number of hydrogen-bond acceptors (Lipinski definition) is 9. The largest absolute Gasteiger partial charge is 0.467 e. The number of ether oxygens (including phenoxy) is 3. The van der Waals surface area contributed by atoms with Gasteiger partial charge in [-0.15, -0.1) is 4.98 Å². The Labute approximate surface area is 175 Å². The second-order valence-electron chi connectivity index (χ2n) is 7.04. The number of rotatable bonds is 6. The molecule has 0 amide bonds. The lowest BCUT2D eigenvalue weighted by molar-refractivity contribution is 0.338. The lowest BCUT2D eigenvalue weighted by Gasteiger charge is -2.32. The maximum Gasteiger partial charge on any atom is 0.324 e. The van der Waals surface area contributed by atoms with Crippen molar-refractivity contribution in [1.82, 2.24) is 24.9 Å². The smallest absolute Gasteiger partial charge is 0.324 e. The van der Waals surface area contributed by atoms with E-state index < -0.39 is 0 Å². The number of hydrogen-bond donors (Lipinski definition) is 0. The van der Waals surface area contributed by atoms with Crippen LogP contribution >= 0.6 is 0 Å². The van der Waals surface area contributed by atoms with Crippen LogP contribution in [0.15, 0.2) is 36.7 Å². The van der Waals surface area contributed by atoms with Crippen molar-refractivity contribution < 1.29 is 14.2 Å². The molecular weight excluding hydrogens is 384 g/mol. The number of anilines is 1. The molecule has 1 aliphatic heterocycles. The van der Waals surface area contributed by atoms with Crippen LogP contribution in [0.4, 0.5) is 5.95 Å². The minimum atomic E-state index is 0.181. The Morgan fingerprint density at radius 1 is 0.967 bits per heavy atom. The fraction of sp³-hybridized carbons (Fsp3) is 0.381. The van der Waals surface area contributed by atoms with Crippen LogP contribution in [0.2, 0.25) is 0 Å². The van der Waals surface area contributed by atoms with Crippen LogP contribution in [0.1, 0.15) is 30.0 Å². The van der Waals surface area contributed by atoms with Gasteiger partial charge in [0.05, 0.1) is 26.1 Å². The predicted octanol–water partition coefficient (Wildman–Crippen LogP) is 3.16. The van der Waals surface area contributed by atoms with E-state index in [1.165, 1.54) is 14.2 Å². The van der Waals surface area contributed by atoms with Crippen LogP contribution in [0, 0.1) is 6.92 Å². The number of methoxy groups -OCH3 is 2. The van der Waals surface area contributed by atoms with E-state index in [9.17, 15) is 0 Å². The first-order valence-electron chi connectivity index (χ1n) is 9.80. The first-order valence-corrected chi connectivity index (χ1v) is 9.80. The van der Waals surface area contributed by atoms with Gasteiger partial charge in [0, 0.05) is 25.2 Å². The van der Waals surface area contributed by atoms with Crippen molar-refractivity contribution in [1.29, 1.82) is 0 Å². The summed E-state index contributed by atoms with van der Waals surface area (Å²) in [6, 6.07) is 8.30. The summed E-state index contributed by atoms with van der Waals surface area (Å²) >= 11 is 0. The number of para-hydroxylation sites is 1. The van der Waals surface area contributed by atoms with Crippen molar-refractivity contribution in [3.05, 3.63) is 47.9 Å². The maximum atomic E-state index is 5.96. The average molecular weight is 408 g/mol. The lowest BCUT2D eigenvalue weighted by Crippen LogP contribution is -2.36. The molecule has 1 unspecified atom stereocenters. The van der Waals surface area contributed by atoms with Gasteiger partial charge in [0.1, 0.15) is 5.75 Å². The summed E-state index contributed by atoms with van der Waals surface area (Å²) in [4.78, 5) is 24.0. The molecule has 2 aromatic heterocycles. The minimum Gasteiger partial charge on any atom is -0.467 e. The molecule has 1 atom stereocenters. The van der Waals surface area contributed by atoms with E-state index in [1.807, 2.05) is 31.2 Å². The zero-order valence-electron chi connectivity index (χ0n) is 17.3. The quantitative estimate of drug-likeness (QED) is 0.609. The predicted molar refractivity (Wildman–Crippen MR) is 110 cm³/mol. The van der Waals surface area contributed by atoms with E-state index in [1.54, 1.807) is 12.4 Å². The number of aryl methyl sites for hydroxylation is 1. The molecule has 3 aromatic rings. The molecule has 1 aromatic carbocycles. The summed E-state index contributed by atoms with van der Waals surface area (Å²) in [5.41, 5.74) is 1.94. The van der Waals surface area contributed by atoms with E-state index in [-0.39, 0.29) is 17.9 Å². The monoisotopic (exact) mass is 408 g/mol. The molecule has 1 saturated heterocycles. The van der Waals surface area contributed by atoms with Gasteiger partial charge in [-0.3, -0.25) is 4.98 Å². The molecule has 0 bridgehead atoms. The van der Waals surface area contributed by atoms with E-state index in [0.29, 0.717) is 18.4 Å². The van der Waals surface area contributed by atoms with Gasteiger partial charge in [0.15, 0.2) is 0 Å². The average Bonchev–Trinajstić information content (AvgIpc) is 2.80. The Morgan fingerprint density at radius 3 is 2.47 bits per heavy atom. The number of nitrogens with zero attached hydrogens (tertiary/aromatic N) is 6. The van der Waals surface area contributed by atoms with Crippen molar-refractivity contribution >= 4 is 5.95 Å². The van der Waals surface area contributed by atoms with Crippen LogP contribution in [0.25, 0.3) is 0 Å². The highest BCUT2D eigenvalue weighted by molar-refractivity contribution is 5.36. The second-order valence-corrected chi connectivity index (χ2v) is 7.04. The van der Waals surface area contributed by atoms with Gasteiger partial charge in [-0.2, -0.15) is 9.97 Å². The number of piperidine rings is 1. The highest BCUT2D eigenvalue weighted by atomic mass is 16.5. The highest BCUT2D eigenvalue weighted by Gasteiger charge is 2.26. The fourth-order valence-electron chi connectivity index (χ4n) is 3.44. The van der Waals surface area contributed by atoms with Gasteiger partial charge in [0.25, 0.3) is 0 Å². The van der Waals surface area contributed by atoms with E-state index in [4.69, 9.17) is 19.2 Å². The SMILES string of the molecule is COc1nc(OC)nc(N2CCCC(c3cncc(Oc4ccccc4C)n3)C2)n1. The van der Waals surface area contributed by atoms with Crippen molar-refractivity contribution in [2.24, 2.45) is 0 Å². The topological polar surface area (TPSA) is 95.4 Å². The highest BCUT2D eigenvalue weighted by Crippen LogP contribution is 2.30. The van der Waals surface area contributed by atoms with Gasteiger partial charge < -0.3 is 19.1 Å². The molecule has 0 saturated carbocycles. The first kappa shape index (κ1) is 19.8. The molecule has 0 aliphatic carbocycles. The molecule has 4 rings (SSSR count). The van der Waals surface area contributed by atoms with Crippen molar-refractivity contribution in [2.75, 3.05) is 32.2 Å².